The molecule has 94 valence electrons. The minimum absolute atomic E-state index is 0.0837. The molecule has 0 fully saturated rings. The summed E-state index contributed by atoms with van der Waals surface area (Å²) in [6.45, 7) is 11.5. The van der Waals surface area contributed by atoms with Gasteiger partial charge >= 0.3 is 0 Å². The van der Waals surface area contributed by atoms with Gasteiger partial charge in [-0.3, -0.25) is 9.59 Å². The van der Waals surface area contributed by atoms with Crippen LogP contribution in [-0.2, 0) is 9.59 Å². The molecule has 0 aliphatic rings. The van der Waals surface area contributed by atoms with Gasteiger partial charge in [-0.05, 0) is 12.8 Å². The minimum atomic E-state index is -0.164. The number of carbonyl (C=O) groups is 2. The SMILES string of the molecule is CC(=O)C(C)CC(=O)C(NC(C)C)C(C)C. The van der Waals surface area contributed by atoms with Crippen LogP contribution in [0.3, 0.4) is 0 Å². The zero-order chi connectivity index (χ0) is 12.9. The second-order valence-electron chi connectivity index (χ2n) is 5.23. The third-order valence-electron chi connectivity index (χ3n) is 2.73. The van der Waals surface area contributed by atoms with Crippen molar-refractivity contribution in [3.05, 3.63) is 0 Å². The first-order chi connectivity index (χ1) is 7.25. The fourth-order valence-electron chi connectivity index (χ4n) is 1.59. The quantitative estimate of drug-likeness (QED) is 0.725. The summed E-state index contributed by atoms with van der Waals surface area (Å²) in [5, 5.41) is 3.26. The van der Waals surface area contributed by atoms with Crippen LogP contribution in [0.5, 0.6) is 0 Å². The third-order valence-corrected chi connectivity index (χ3v) is 2.73. The molecule has 2 unspecified atom stereocenters. The Balaban J connectivity index is 4.44. The summed E-state index contributed by atoms with van der Waals surface area (Å²) in [6.07, 6.45) is 0.345. The van der Waals surface area contributed by atoms with Crippen LogP contribution < -0.4 is 5.32 Å². The van der Waals surface area contributed by atoms with E-state index < -0.39 is 0 Å². The van der Waals surface area contributed by atoms with E-state index in [1.807, 2.05) is 34.6 Å². The van der Waals surface area contributed by atoms with Gasteiger partial charge in [0.2, 0.25) is 0 Å². The Morgan fingerprint density at radius 3 is 1.88 bits per heavy atom. The van der Waals surface area contributed by atoms with Crippen LogP contribution >= 0.6 is 0 Å². The first-order valence-corrected chi connectivity index (χ1v) is 6.04. The summed E-state index contributed by atoms with van der Waals surface area (Å²) in [5.41, 5.74) is 0. The van der Waals surface area contributed by atoms with Gasteiger partial charge in [0.25, 0.3) is 0 Å². The van der Waals surface area contributed by atoms with Crippen molar-refractivity contribution in [3.63, 3.8) is 0 Å². The normalized spacial score (nSPS) is 15.2. The molecule has 0 aliphatic heterocycles. The molecular weight excluding hydrogens is 202 g/mol. The van der Waals surface area contributed by atoms with E-state index in [9.17, 15) is 9.59 Å². The minimum Gasteiger partial charge on any atom is -0.305 e. The summed E-state index contributed by atoms with van der Waals surface area (Å²) >= 11 is 0. The van der Waals surface area contributed by atoms with Gasteiger partial charge in [0.15, 0.2) is 5.78 Å². The van der Waals surface area contributed by atoms with Crippen LogP contribution in [0.1, 0.15) is 48.0 Å². The molecule has 16 heavy (non-hydrogen) atoms. The number of carbonyl (C=O) groups excluding carboxylic acids is 2. The molecule has 0 saturated carbocycles. The lowest BCUT2D eigenvalue weighted by Gasteiger charge is -2.24. The van der Waals surface area contributed by atoms with Crippen LogP contribution in [0.25, 0.3) is 0 Å². The molecule has 0 aromatic carbocycles. The van der Waals surface area contributed by atoms with Gasteiger partial charge < -0.3 is 5.32 Å². The Kier molecular flexibility index (Phi) is 6.49. The first kappa shape index (κ1) is 15.3. The average Bonchev–Trinajstić information content (AvgIpc) is 2.12. The highest BCUT2D eigenvalue weighted by molar-refractivity contribution is 5.89. The van der Waals surface area contributed by atoms with Crippen molar-refractivity contribution in [1.29, 1.82) is 0 Å². The van der Waals surface area contributed by atoms with Crippen LogP contribution in [0.15, 0.2) is 0 Å². The topological polar surface area (TPSA) is 46.2 Å². The van der Waals surface area contributed by atoms with Gasteiger partial charge in [-0.1, -0.05) is 34.6 Å². The molecule has 3 nitrogen and oxygen atoms in total. The summed E-state index contributed by atoms with van der Waals surface area (Å²) in [7, 11) is 0. The Morgan fingerprint density at radius 1 is 1.06 bits per heavy atom. The molecule has 0 heterocycles. The predicted molar refractivity (Wildman–Crippen MR) is 66.4 cm³/mol. The van der Waals surface area contributed by atoms with E-state index in [0.29, 0.717) is 6.42 Å². The molecular formula is C13H25NO2. The van der Waals surface area contributed by atoms with Gasteiger partial charge in [0, 0.05) is 18.4 Å². The highest BCUT2D eigenvalue weighted by Gasteiger charge is 2.24. The van der Waals surface area contributed by atoms with Crippen molar-refractivity contribution in [1.82, 2.24) is 5.32 Å². The van der Waals surface area contributed by atoms with E-state index >= 15 is 0 Å². The fraction of sp³-hybridized carbons (Fsp3) is 0.846. The van der Waals surface area contributed by atoms with Crippen molar-refractivity contribution in [3.8, 4) is 0 Å². The summed E-state index contributed by atoms with van der Waals surface area (Å²) < 4.78 is 0. The second kappa shape index (κ2) is 6.79. The van der Waals surface area contributed by atoms with Gasteiger partial charge in [-0.2, -0.15) is 0 Å². The molecule has 0 aromatic rings. The van der Waals surface area contributed by atoms with Crippen LogP contribution in [0.4, 0.5) is 0 Å². The molecule has 0 saturated heterocycles. The summed E-state index contributed by atoms with van der Waals surface area (Å²) in [5.74, 6) is 0.323. The van der Waals surface area contributed by atoms with Gasteiger partial charge in [0.1, 0.15) is 5.78 Å². The molecule has 0 aliphatic carbocycles. The maximum absolute atomic E-state index is 12.0. The summed E-state index contributed by atoms with van der Waals surface area (Å²) in [6, 6.07) is 0.144. The van der Waals surface area contributed by atoms with E-state index in [1.54, 1.807) is 0 Å². The van der Waals surface area contributed by atoms with Crippen molar-refractivity contribution in [2.75, 3.05) is 0 Å². The maximum Gasteiger partial charge on any atom is 0.150 e. The second-order valence-corrected chi connectivity index (χ2v) is 5.23. The zero-order valence-corrected chi connectivity index (χ0v) is 11.3. The average molecular weight is 227 g/mol. The molecule has 3 heteroatoms. The molecule has 1 N–H and O–H groups in total. The lowest BCUT2D eigenvalue weighted by Crippen LogP contribution is -2.45. The van der Waals surface area contributed by atoms with E-state index in [0.717, 1.165) is 0 Å². The fourth-order valence-corrected chi connectivity index (χ4v) is 1.59. The van der Waals surface area contributed by atoms with Crippen LogP contribution in [-0.4, -0.2) is 23.7 Å². The number of nitrogens with one attached hydrogen (secondary N) is 1. The lowest BCUT2D eigenvalue weighted by molar-refractivity contribution is -0.128. The van der Waals surface area contributed by atoms with E-state index in [1.165, 1.54) is 6.92 Å². The van der Waals surface area contributed by atoms with Gasteiger partial charge in [-0.15, -0.1) is 0 Å². The number of Topliss-reactive ketones (excluding diaryl/α,β-unsaturated/α-hetero) is 2. The number of rotatable bonds is 7. The van der Waals surface area contributed by atoms with Gasteiger partial charge in [-0.25, -0.2) is 0 Å². The Hall–Kier alpha value is -0.700. The Bertz CT molecular complexity index is 246. The van der Waals surface area contributed by atoms with Crippen molar-refractivity contribution in [2.45, 2.75) is 60.0 Å². The predicted octanol–water partition coefficient (Wildman–Crippen LogP) is 2.19. The molecule has 0 radical (unpaired) electrons. The molecule has 2 atom stereocenters. The summed E-state index contributed by atoms with van der Waals surface area (Å²) in [4.78, 5) is 23.1. The highest BCUT2D eigenvalue weighted by atomic mass is 16.1. The number of hydrogen-bond donors (Lipinski definition) is 1. The van der Waals surface area contributed by atoms with E-state index in [2.05, 4.69) is 5.32 Å². The molecule has 0 aromatic heterocycles. The highest BCUT2D eigenvalue weighted by Crippen LogP contribution is 2.11. The smallest absolute Gasteiger partial charge is 0.150 e. The van der Waals surface area contributed by atoms with Crippen molar-refractivity contribution < 1.29 is 9.59 Å². The van der Waals surface area contributed by atoms with Crippen molar-refractivity contribution in [2.24, 2.45) is 11.8 Å². The molecule has 0 bridgehead atoms. The first-order valence-electron chi connectivity index (χ1n) is 6.04. The largest absolute Gasteiger partial charge is 0.305 e. The zero-order valence-electron chi connectivity index (χ0n) is 11.3. The maximum atomic E-state index is 12.0. The molecule has 0 rings (SSSR count). The lowest BCUT2D eigenvalue weighted by atomic mass is 9.91. The standard InChI is InChI=1S/C13H25NO2/c1-8(2)13(14-9(3)4)12(16)7-10(5)11(6)15/h8-10,13-14H,7H2,1-6H3. The van der Waals surface area contributed by atoms with E-state index in [-0.39, 0.29) is 35.5 Å². The number of ketones is 2. The van der Waals surface area contributed by atoms with Crippen LogP contribution in [0.2, 0.25) is 0 Å². The van der Waals surface area contributed by atoms with Crippen LogP contribution in [0, 0.1) is 11.8 Å². The van der Waals surface area contributed by atoms with E-state index in [4.69, 9.17) is 0 Å². The third kappa shape index (κ3) is 5.40. The number of hydrogen-bond acceptors (Lipinski definition) is 3. The van der Waals surface area contributed by atoms with Gasteiger partial charge in [0.05, 0.1) is 6.04 Å². The monoisotopic (exact) mass is 227 g/mol. The molecule has 0 amide bonds. The molecule has 0 spiro atoms. The Morgan fingerprint density at radius 2 is 1.56 bits per heavy atom. The van der Waals surface area contributed by atoms with Crippen molar-refractivity contribution >= 4 is 11.6 Å². The Labute approximate surface area is 99.0 Å².